The Labute approximate surface area is 215 Å². The second-order valence-corrected chi connectivity index (χ2v) is 11.4. The van der Waals surface area contributed by atoms with E-state index in [1.165, 1.54) is 0 Å². The first kappa shape index (κ1) is 27.7. The van der Waals surface area contributed by atoms with E-state index >= 15 is 0 Å². The normalized spacial score (nSPS) is 17.3. The number of aromatic nitrogens is 1. The van der Waals surface area contributed by atoms with Crippen molar-refractivity contribution >= 4 is 11.8 Å². The molecule has 1 saturated heterocycles. The van der Waals surface area contributed by atoms with Crippen molar-refractivity contribution in [2.45, 2.75) is 65.5 Å². The number of carbonyl (C=O) groups is 2. The summed E-state index contributed by atoms with van der Waals surface area (Å²) in [5, 5.41) is 2.98. The maximum atomic E-state index is 13.3. The molecule has 2 amide bonds. The van der Waals surface area contributed by atoms with E-state index in [2.05, 4.69) is 56.9 Å². The molecule has 1 aromatic carbocycles. The number of likely N-dealkylation sites (tertiary alicyclic amines) is 1. The first-order chi connectivity index (χ1) is 16.9. The zero-order chi connectivity index (χ0) is 26.5. The van der Waals surface area contributed by atoms with Crippen molar-refractivity contribution in [3.05, 3.63) is 47.7 Å². The molecule has 2 aromatic rings. The third-order valence-corrected chi connectivity index (χ3v) is 6.48. The van der Waals surface area contributed by atoms with Gasteiger partial charge in [-0.05, 0) is 50.4 Å². The summed E-state index contributed by atoms with van der Waals surface area (Å²) in [6, 6.07) is 6.44. The van der Waals surface area contributed by atoms with Crippen LogP contribution in [-0.2, 0) is 16.8 Å². The average Bonchev–Trinajstić information content (AvgIpc) is 3.45. The van der Waals surface area contributed by atoms with Crippen LogP contribution in [-0.4, -0.2) is 66.4 Å². The highest BCUT2D eigenvalue weighted by molar-refractivity contribution is 5.99. The number of oxazole rings is 1. The smallest absolute Gasteiger partial charge is 0.255 e. The van der Waals surface area contributed by atoms with E-state index in [1.54, 1.807) is 29.3 Å². The Hall–Kier alpha value is -2.87. The third-order valence-electron chi connectivity index (χ3n) is 6.48. The van der Waals surface area contributed by atoms with Gasteiger partial charge in [-0.1, -0.05) is 46.8 Å². The van der Waals surface area contributed by atoms with Gasteiger partial charge in [-0.2, -0.15) is 0 Å². The van der Waals surface area contributed by atoms with E-state index in [9.17, 15) is 9.59 Å². The first-order valence-electron chi connectivity index (χ1n) is 12.9. The Bertz CT molecular complexity index is 1030. The predicted molar refractivity (Wildman–Crippen MR) is 140 cm³/mol. The topological polar surface area (TPSA) is 87.9 Å². The number of likely N-dealkylation sites (N-methyl/N-ethyl adjacent to an activating group) is 1. The molecule has 2 atom stereocenters. The van der Waals surface area contributed by atoms with Crippen molar-refractivity contribution in [3.8, 4) is 5.75 Å². The summed E-state index contributed by atoms with van der Waals surface area (Å²) < 4.78 is 11.7. The summed E-state index contributed by atoms with van der Waals surface area (Å²) >= 11 is 0. The molecule has 0 bridgehead atoms. The Kier molecular flexibility index (Phi) is 9.17. The molecule has 1 aliphatic rings. The fourth-order valence-electron chi connectivity index (χ4n) is 4.49. The molecule has 1 N–H and O–H groups in total. The van der Waals surface area contributed by atoms with Gasteiger partial charge in [0.05, 0.1) is 11.8 Å². The van der Waals surface area contributed by atoms with Crippen LogP contribution in [0.2, 0.25) is 0 Å². The number of rotatable bonds is 10. The number of nitrogens with zero attached hydrogens (tertiary/aromatic N) is 3. The van der Waals surface area contributed by atoms with Crippen LogP contribution in [0.5, 0.6) is 5.75 Å². The van der Waals surface area contributed by atoms with Gasteiger partial charge in [0.15, 0.2) is 6.61 Å². The molecule has 198 valence electrons. The highest BCUT2D eigenvalue weighted by Gasteiger charge is 2.29. The van der Waals surface area contributed by atoms with E-state index in [4.69, 9.17) is 9.15 Å². The maximum absolute atomic E-state index is 13.3. The van der Waals surface area contributed by atoms with Gasteiger partial charge >= 0.3 is 0 Å². The van der Waals surface area contributed by atoms with Crippen molar-refractivity contribution in [1.82, 2.24) is 20.1 Å². The third kappa shape index (κ3) is 7.56. The van der Waals surface area contributed by atoms with E-state index in [1.807, 2.05) is 13.1 Å². The minimum Gasteiger partial charge on any atom is -0.483 e. The van der Waals surface area contributed by atoms with Gasteiger partial charge < -0.3 is 24.3 Å². The maximum Gasteiger partial charge on any atom is 0.255 e. The van der Waals surface area contributed by atoms with Crippen LogP contribution in [0.1, 0.15) is 69.5 Å². The van der Waals surface area contributed by atoms with Crippen LogP contribution < -0.4 is 10.1 Å². The summed E-state index contributed by atoms with van der Waals surface area (Å²) in [7, 11) is 3.94. The molecule has 3 rings (SSSR count). The van der Waals surface area contributed by atoms with Crippen LogP contribution in [0.4, 0.5) is 0 Å². The predicted octanol–water partition coefficient (Wildman–Crippen LogP) is 4.11. The van der Waals surface area contributed by atoms with Crippen LogP contribution in [0.3, 0.4) is 0 Å². The van der Waals surface area contributed by atoms with E-state index < -0.39 is 6.04 Å². The number of carbonyl (C=O) groups excluding carboxylic acids is 2. The largest absolute Gasteiger partial charge is 0.483 e. The zero-order valence-electron chi connectivity index (χ0n) is 22.8. The van der Waals surface area contributed by atoms with Gasteiger partial charge in [0, 0.05) is 25.6 Å². The molecular weight excluding hydrogens is 456 g/mol. The minimum absolute atomic E-state index is 0.0560. The first-order valence-corrected chi connectivity index (χ1v) is 12.9. The summed E-state index contributed by atoms with van der Waals surface area (Å²) in [5.74, 6) is 1.96. The lowest BCUT2D eigenvalue weighted by Gasteiger charge is -2.28. The second-order valence-electron chi connectivity index (χ2n) is 11.4. The molecule has 8 heteroatoms. The molecular formula is C28H42N4O4. The number of ether oxygens (including phenoxy) is 1. The summed E-state index contributed by atoms with van der Waals surface area (Å²) in [4.78, 5) is 35.0. The van der Waals surface area contributed by atoms with Crippen molar-refractivity contribution in [2.75, 3.05) is 33.7 Å². The van der Waals surface area contributed by atoms with E-state index in [-0.39, 0.29) is 29.8 Å². The standard InChI is InChI=1S/C28H42N4O4/c1-19(2)14-22(27(34)32(7)17-20-12-13-31(6)16-20)30-26(33)21-10-8-9-11-23(21)35-18-25-29-15-24(36-25)28(3,4)5/h8-11,15,19-20,22H,12-14,16-18H2,1-7H3,(H,30,33)/t20?,22-/m1/s1. The van der Waals surface area contributed by atoms with Crippen molar-refractivity contribution in [1.29, 1.82) is 0 Å². The number of amides is 2. The molecule has 36 heavy (non-hydrogen) atoms. The SMILES string of the molecule is CC(C)C[C@@H](NC(=O)c1ccccc1OCc1ncc(C(C)(C)C)o1)C(=O)N(C)CC1CCN(C)C1. The fourth-order valence-corrected chi connectivity index (χ4v) is 4.49. The highest BCUT2D eigenvalue weighted by atomic mass is 16.5. The number of para-hydroxylation sites is 1. The highest BCUT2D eigenvalue weighted by Crippen LogP contribution is 2.24. The molecule has 0 spiro atoms. The molecule has 0 radical (unpaired) electrons. The van der Waals surface area contributed by atoms with Crippen LogP contribution >= 0.6 is 0 Å². The van der Waals surface area contributed by atoms with Crippen molar-refractivity contribution < 1.29 is 18.7 Å². The number of benzene rings is 1. The number of nitrogens with one attached hydrogen (secondary N) is 1. The molecule has 0 saturated carbocycles. The second kappa shape index (κ2) is 11.9. The quantitative estimate of drug-likeness (QED) is 0.531. The molecule has 1 fully saturated rings. The van der Waals surface area contributed by atoms with Gasteiger partial charge in [-0.25, -0.2) is 4.98 Å². The van der Waals surface area contributed by atoms with Crippen LogP contribution in [0.25, 0.3) is 0 Å². The fraction of sp³-hybridized carbons (Fsp3) is 0.607. The molecule has 1 aliphatic heterocycles. The molecule has 1 unspecified atom stereocenters. The minimum atomic E-state index is -0.601. The van der Waals surface area contributed by atoms with Gasteiger partial charge in [0.1, 0.15) is 17.6 Å². The monoisotopic (exact) mass is 498 g/mol. The molecule has 8 nitrogen and oxygen atoms in total. The van der Waals surface area contributed by atoms with Crippen molar-refractivity contribution in [3.63, 3.8) is 0 Å². The zero-order valence-corrected chi connectivity index (χ0v) is 22.8. The van der Waals surface area contributed by atoms with Gasteiger partial charge in [0.2, 0.25) is 11.8 Å². The molecule has 1 aromatic heterocycles. The van der Waals surface area contributed by atoms with Gasteiger partial charge in [0.25, 0.3) is 5.91 Å². The number of hydrogen-bond acceptors (Lipinski definition) is 6. The van der Waals surface area contributed by atoms with Crippen LogP contribution in [0.15, 0.2) is 34.9 Å². The lowest BCUT2D eigenvalue weighted by atomic mass is 9.94. The Morgan fingerprint density at radius 2 is 2.00 bits per heavy atom. The summed E-state index contributed by atoms with van der Waals surface area (Å²) in [5.41, 5.74) is 0.226. The van der Waals surface area contributed by atoms with Crippen LogP contribution in [0, 0.1) is 11.8 Å². The van der Waals surface area contributed by atoms with E-state index in [0.717, 1.165) is 25.3 Å². The lowest BCUT2D eigenvalue weighted by Crippen LogP contribution is -2.49. The molecule has 2 heterocycles. The summed E-state index contributed by atoms with van der Waals surface area (Å²) in [6.07, 6.45) is 3.36. The Morgan fingerprint density at radius 1 is 1.28 bits per heavy atom. The average molecular weight is 499 g/mol. The van der Waals surface area contributed by atoms with Gasteiger partial charge in [-0.3, -0.25) is 9.59 Å². The molecule has 0 aliphatic carbocycles. The Balaban J connectivity index is 1.67. The van der Waals surface area contributed by atoms with Gasteiger partial charge in [-0.15, -0.1) is 0 Å². The lowest BCUT2D eigenvalue weighted by molar-refractivity contribution is -0.132. The summed E-state index contributed by atoms with van der Waals surface area (Å²) in [6.45, 7) is 13.1. The Morgan fingerprint density at radius 3 is 2.61 bits per heavy atom. The van der Waals surface area contributed by atoms with E-state index in [0.29, 0.717) is 36.1 Å². The number of hydrogen-bond donors (Lipinski definition) is 1. The van der Waals surface area contributed by atoms with Crippen molar-refractivity contribution in [2.24, 2.45) is 11.8 Å².